The molecule has 1 aliphatic heterocycles. The fourth-order valence-electron chi connectivity index (χ4n) is 3.26. The Labute approximate surface area is 124 Å². The van der Waals surface area contributed by atoms with Crippen LogP contribution in [0, 0.1) is 5.92 Å². The third-order valence-electron chi connectivity index (χ3n) is 4.44. The lowest BCUT2D eigenvalue weighted by Gasteiger charge is -2.37. The summed E-state index contributed by atoms with van der Waals surface area (Å²) in [7, 11) is 0. The highest BCUT2D eigenvalue weighted by molar-refractivity contribution is 5.85. The van der Waals surface area contributed by atoms with Crippen molar-refractivity contribution in [2.45, 2.75) is 50.7 Å². The summed E-state index contributed by atoms with van der Waals surface area (Å²) in [5.74, 6) is 0.726. The molecule has 1 heterocycles. The number of hydrogen-bond donors (Lipinski definition) is 1. The van der Waals surface area contributed by atoms with Crippen molar-refractivity contribution in [1.82, 2.24) is 4.90 Å². The number of nitrogens with two attached hydrogens (primary N) is 1. The molecule has 3 nitrogen and oxygen atoms in total. The topological polar surface area (TPSA) is 38.5 Å². The highest BCUT2D eigenvalue weighted by atomic mass is 35.5. The van der Waals surface area contributed by atoms with E-state index < -0.39 is 0 Å². The summed E-state index contributed by atoms with van der Waals surface area (Å²) < 4.78 is 5.72. The van der Waals surface area contributed by atoms with Crippen molar-refractivity contribution >= 4 is 12.4 Å². The van der Waals surface area contributed by atoms with Gasteiger partial charge in [-0.05, 0) is 31.6 Å². The smallest absolute Gasteiger partial charge is 0.0648 e. The zero-order valence-electron chi connectivity index (χ0n) is 11.9. The lowest BCUT2D eigenvalue weighted by Crippen LogP contribution is -2.45. The van der Waals surface area contributed by atoms with E-state index in [9.17, 15) is 0 Å². The van der Waals surface area contributed by atoms with E-state index in [0.29, 0.717) is 18.8 Å². The molecule has 4 heteroatoms. The van der Waals surface area contributed by atoms with Gasteiger partial charge in [-0.25, -0.2) is 0 Å². The van der Waals surface area contributed by atoms with Crippen molar-refractivity contribution in [3.8, 4) is 0 Å². The maximum atomic E-state index is 6.23. The highest BCUT2D eigenvalue weighted by Crippen LogP contribution is 2.25. The minimum absolute atomic E-state index is 0. The van der Waals surface area contributed by atoms with Crippen LogP contribution in [0.2, 0.25) is 0 Å². The molecule has 0 amide bonds. The van der Waals surface area contributed by atoms with Crippen molar-refractivity contribution in [1.29, 1.82) is 0 Å². The summed E-state index contributed by atoms with van der Waals surface area (Å²) in [5.41, 5.74) is 6.23. The molecule has 0 spiro atoms. The lowest BCUT2D eigenvalue weighted by atomic mass is 9.84. The molecule has 2 rings (SSSR count). The van der Waals surface area contributed by atoms with Crippen LogP contribution in [0.15, 0.2) is 12.7 Å². The first kappa shape index (κ1) is 17.0. The summed E-state index contributed by atoms with van der Waals surface area (Å²) >= 11 is 0. The van der Waals surface area contributed by atoms with Crippen LogP contribution in [0.5, 0.6) is 0 Å². The van der Waals surface area contributed by atoms with Crippen LogP contribution in [-0.4, -0.2) is 43.3 Å². The summed E-state index contributed by atoms with van der Waals surface area (Å²) in [5, 5.41) is 0. The number of likely N-dealkylation sites (tertiary alicyclic amines) is 1. The van der Waals surface area contributed by atoms with Crippen LogP contribution >= 0.6 is 12.4 Å². The molecule has 112 valence electrons. The Balaban J connectivity index is 0.00000180. The summed E-state index contributed by atoms with van der Waals surface area (Å²) in [6, 6.07) is 0.438. The quantitative estimate of drug-likeness (QED) is 0.790. The third kappa shape index (κ3) is 5.42. The second-order valence-electron chi connectivity index (χ2n) is 5.83. The molecular weight excluding hydrogens is 260 g/mol. The largest absolute Gasteiger partial charge is 0.374 e. The van der Waals surface area contributed by atoms with Crippen LogP contribution < -0.4 is 5.73 Å². The number of ether oxygens (including phenoxy) is 1. The molecule has 2 unspecified atom stereocenters. The maximum absolute atomic E-state index is 6.23. The van der Waals surface area contributed by atoms with Crippen LogP contribution in [0.25, 0.3) is 0 Å². The van der Waals surface area contributed by atoms with Crippen molar-refractivity contribution in [3.63, 3.8) is 0 Å². The van der Waals surface area contributed by atoms with E-state index in [1.807, 2.05) is 6.08 Å². The first-order chi connectivity index (χ1) is 8.79. The average Bonchev–Trinajstić information content (AvgIpc) is 2.41. The molecule has 0 aromatic rings. The van der Waals surface area contributed by atoms with Crippen molar-refractivity contribution in [3.05, 3.63) is 12.7 Å². The Bertz CT molecular complexity index is 255. The summed E-state index contributed by atoms with van der Waals surface area (Å²) in [6.07, 6.45) is 9.86. The number of piperidine rings is 1. The minimum Gasteiger partial charge on any atom is -0.374 e. The molecule has 2 fully saturated rings. The zero-order chi connectivity index (χ0) is 12.8. The lowest BCUT2D eigenvalue weighted by molar-refractivity contribution is 0.0162. The monoisotopic (exact) mass is 288 g/mol. The van der Waals surface area contributed by atoms with E-state index in [4.69, 9.17) is 10.5 Å². The Hall–Kier alpha value is -0.0900. The first-order valence-corrected chi connectivity index (χ1v) is 7.50. The Morgan fingerprint density at radius 2 is 1.84 bits per heavy atom. The zero-order valence-corrected chi connectivity index (χ0v) is 12.7. The molecule has 19 heavy (non-hydrogen) atoms. The Morgan fingerprint density at radius 1 is 1.16 bits per heavy atom. The van der Waals surface area contributed by atoms with Gasteiger partial charge in [0.2, 0.25) is 0 Å². The summed E-state index contributed by atoms with van der Waals surface area (Å²) in [4.78, 5) is 2.59. The Kier molecular flexibility index (Phi) is 8.00. The standard InChI is InChI=1S/C15H28N2O.ClH/c1-2-11-18-14-7-9-17(10-8-14)12-13-5-3-4-6-15(13)16;/h2,13-15H,1,3-12,16H2;1H. The number of nitrogens with zero attached hydrogens (tertiary/aromatic N) is 1. The number of halogens is 1. The minimum atomic E-state index is 0. The van der Waals surface area contributed by atoms with Gasteiger partial charge >= 0.3 is 0 Å². The number of hydrogen-bond acceptors (Lipinski definition) is 3. The van der Waals surface area contributed by atoms with E-state index >= 15 is 0 Å². The Morgan fingerprint density at radius 3 is 2.47 bits per heavy atom. The molecule has 2 atom stereocenters. The van der Waals surface area contributed by atoms with Crippen molar-refractivity contribution in [2.75, 3.05) is 26.2 Å². The SMILES string of the molecule is C=CCOC1CCN(CC2CCCCC2N)CC1.Cl. The molecule has 2 aliphatic rings. The highest BCUT2D eigenvalue weighted by Gasteiger charge is 2.26. The van der Waals surface area contributed by atoms with E-state index in [1.165, 1.54) is 45.3 Å². The molecule has 1 saturated carbocycles. The second-order valence-corrected chi connectivity index (χ2v) is 5.83. The molecule has 0 aromatic carbocycles. The molecule has 0 radical (unpaired) electrons. The predicted octanol–water partition coefficient (Wildman–Crippen LogP) is 2.59. The fourth-order valence-corrected chi connectivity index (χ4v) is 3.26. The van der Waals surface area contributed by atoms with Gasteiger partial charge in [0, 0.05) is 25.7 Å². The van der Waals surface area contributed by atoms with Gasteiger partial charge < -0.3 is 15.4 Å². The average molecular weight is 289 g/mol. The van der Waals surface area contributed by atoms with Crippen LogP contribution in [0.4, 0.5) is 0 Å². The predicted molar refractivity (Wildman–Crippen MR) is 82.8 cm³/mol. The van der Waals surface area contributed by atoms with E-state index in [2.05, 4.69) is 11.5 Å². The van der Waals surface area contributed by atoms with Crippen molar-refractivity contribution < 1.29 is 4.74 Å². The van der Waals surface area contributed by atoms with Gasteiger partial charge in [0.1, 0.15) is 0 Å². The molecular formula is C15H29ClN2O. The molecule has 1 aliphatic carbocycles. The summed E-state index contributed by atoms with van der Waals surface area (Å²) in [6.45, 7) is 7.94. The van der Waals surface area contributed by atoms with Crippen LogP contribution in [-0.2, 0) is 4.74 Å². The molecule has 0 bridgehead atoms. The normalized spacial score (nSPS) is 29.7. The maximum Gasteiger partial charge on any atom is 0.0648 e. The van der Waals surface area contributed by atoms with Gasteiger partial charge in [0.15, 0.2) is 0 Å². The van der Waals surface area contributed by atoms with E-state index in [0.717, 1.165) is 18.8 Å². The van der Waals surface area contributed by atoms with E-state index in [1.54, 1.807) is 0 Å². The first-order valence-electron chi connectivity index (χ1n) is 7.50. The molecule has 2 N–H and O–H groups in total. The van der Waals surface area contributed by atoms with Gasteiger partial charge in [-0.3, -0.25) is 0 Å². The van der Waals surface area contributed by atoms with Crippen LogP contribution in [0.1, 0.15) is 38.5 Å². The van der Waals surface area contributed by atoms with Crippen LogP contribution in [0.3, 0.4) is 0 Å². The van der Waals surface area contributed by atoms with E-state index in [-0.39, 0.29) is 12.4 Å². The number of rotatable bonds is 5. The molecule has 1 saturated heterocycles. The van der Waals surface area contributed by atoms with Crippen molar-refractivity contribution in [2.24, 2.45) is 11.7 Å². The van der Waals surface area contributed by atoms with Gasteiger partial charge in [0.25, 0.3) is 0 Å². The fraction of sp³-hybridized carbons (Fsp3) is 0.867. The van der Waals surface area contributed by atoms with Gasteiger partial charge in [-0.1, -0.05) is 18.9 Å². The second kappa shape index (κ2) is 8.96. The van der Waals surface area contributed by atoms with Gasteiger partial charge in [-0.15, -0.1) is 19.0 Å². The van der Waals surface area contributed by atoms with Gasteiger partial charge in [0.05, 0.1) is 12.7 Å². The van der Waals surface area contributed by atoms with Gasteiger partial charge in [-0.2, -0.15) is 0 Å². The molecule has 0 aromatic heterocycles. The third-order valence-corrected chi connectivity index (χ3v) is 4.44.